The second-order valence-electron chi connectivity index (χ2n) is 6.48. The molecule has 130 valence electrons. The smallest absolute Gasteiger partial charge is 0.326 e. The molecule has 2 atom stereocenters. The monoisotopic (exact) mass is 334 g/mol. The van der Waals surface area contributed by atoms with Crippen molar-refractivity contribution in [2.45, 2.75) is 50.7 Å². The number of aliphatic carboxylic acids is 1. The minimum absolute atomic E-state index is 0.0265. The Labute approximate surface area is 139 Å². The highest BCUT2D eigenvalue weighted by Gasteiger charge is 2.40. The average Bonchev–Trinajstić information content (AvgIpc) is 2.87. The van der Waals surface area contributed by atoms with Crippen LogP contribution in [0.3, 0.4) is 0 Å². The van der Waals surface area contributed by atoms with Gasteiger partial charge in [-0.05, 0) is 37.3 Å². The van der Waals surface area contributed by atoms with Crippen molar-refractivity contribution < 1.29 is 19.4 Å². The minimum atomic E-state index is -1.07. The van der Waals surface area contributed by atoms with Gasteiger partial charge in [0.1, 0.15) is 11.6 Å². The molecule has 0 spiro atoms. The SMILES string of the molecule is COC1CC(C(=O)O)N(C(=O)c2cc3c([nH]c2=O)CCCCC3)C1. The van der Waals surface area contributed by atoms with E-state index in [0.29, 0.717) is 0 Å². The van der Waals surface area contributed by atoms with E-state index in [-0.39, 0.29) is 24.6 Å². The van der Waals surface area contributed by atoms with Crippen LogP contribution in [0.2, 0.25) is 0 Å². The lowest BCUT2D eigenvalue weighted by molar-refractivity contribution is -0.141. The fourth-order valence-corrected chi connectivity index (χ4v) is 3.59. The number of ether oxygens (including phenoxy) is 1. The standard InChI is InChI=1S/C17H22N2O5/c1-24-11-8-14(17(22)23)19(9-11)16(21)12-7-10-5-3-2-4-6-13(10)18-15(12)20/h7,11,14H,2-6,8-9H2,1H3,(H,18,20)(H,22,23). The van der Waals surface area contributed by atoms with Crippen molar-refractivity contribution in [3.05, 3.63) is 33.2 Å². The Morgan fingerprint density at radius 1 is 1.29 bits per heavy atom. The highest BCUT2D eigenvalue weighted by Crippen LogP contribution is 2.23. The molecule has 24 heavy (non-hydrogen) atoms. The van der Waals surface area contributed by atoms with E-state index < -0.39 is 23.5 Å². The van der Waals surface area contributed by atoms with E-state index in [4.69, 9.17) is 4.74 Å². The summed E-state index contributed by atoms with van der Waals surface area (Å²) in [6.07, 6.45) is 4.71. The van der Waals surface area contributed by atoms with Crippen LogP contribution < -0.4 is 5.56 Å². The summed E-state index contributed by atoms with van der Waals surface area (Å²) >= 11 is 0. The van der Waals surface area contributed by atoms with Crippen LogP contribution in [0, 0.1) is 0 Å². The molecule has 1 saturated heterocycles. The molecule has 1 fully saturated rings. The molecule has 0 saturated carbocycles. The first-order valence-corrected chi connectivity index (χ1v) is 8.33. The molecule has 0 radical (unpaired) electrons. The highest BCUT2D eigenvalue weighted by molar-refractivity contribution is 5.97. The summed E-state index contributed by atoms with van der Waals surface area (Å²) < 4.78 is 5.20. The molecule has 2 unspecified atom stereocenters. The number of carboxylic acid groups (broad SMARTS) is 1. The van der Waals surface area contributed by atoms with Crippen molar-refractivity contribution in [2.75, 3.05) is 13.7 Å². The molecule has 2 aliphatic rings. The predicted molar refractivity (Wildman–Crippen MR) is 86.2 cm³/mol. The van der Waals surface area contributed by atoms with Crippen molar-refractivity contribution in [1.29, 1.82) is 0 Å². The fraction of sp³-hybridized carbons (Fsp3) is 0.588. The maximum absolute atomic E-state index is 12.8. The predicted octanol–water partition coefficient (Wildman–Crippen LogP) is 0.958. The molecule has 2 N–H and O–H groups in total. The lowest BCUT2D eigenvalue weighted by Crippen LogP contribution is -2.42. The zero-order chi connectivity index (χ0) is 17.3. The quantitative estimate of drug-likeness (QED) is 0.802. The van der Waals surface area contributed by atoms with Crippen LogP contribution in [-0.4, -0.2) is 52.7 Å². The Kier molecular flexibility index (Phi) is 4.71. The Morgan fingerprint density at radius 3 is 2.75 bits per heavy atom. The van der Waals surface area contributed by atoms with Crippen LogP contribution in [0.1, 0.15) is 47.3 Å². The number of amides is 1. The van der Waals surface area contributed by atoms with Crippen molar-refractivity contribution in [2.24, 2.45) is 0 Å². The molecular formula is C17H22N2O5. The first-order chi connectivity index (χ1) is 11.5. The molecule has 7 heteroatoms. The Balaban J connectivity index is 1.93. The van der Waals surface area contributed by atoms with Crippen LogP contribution in [0.25, 0.3) is 0 Å². The van der Waals surface area contributed by atoms with Crippen LogP contribution in [0.5, 0.6) is 0 Å². The zero-order valence-corrected chi connectivity index (χ0v) is 13.7. The number of pyridine rings is 1. The van der Waals surface area contributed by atoms with Gasteiger partial charge in [-0.15, -0.1) is 0 Å². The third kappa shape index (κ3) is 3.08. The van der Waals surface area contributed by atoms with E-state index in [9.17, 15) is 19.5 Å². The lowest BCUT2D eigenvalue weighted by atomic mass is 10.1. The summed E-state index contributed by atoms with van der Waals surface area (Å²) in [6, 6.07) is 0.696. The Hall–Kier alpha value is -2.15. The van der Waals surface area contributed by atoms with E-state index >= 15 is 0 Å². The van der Waals surface area contributed by atoms with E-state index in [2.05, 4.69) is 4.98 Å². The molecule has 1 aliphatic heterocycles. The zero-order valence-electron chi connectivity index (χ0n) is 13.7. The number of rotatable bonds is 3. The molecule has 1 aromatic rings. The summed E-state index contributed by atoms with van der Waals surface area (Å²) in [4.78, 5) is 40.7. The van der Waals surface area contributed by atoms with Crippen LogP contribution >= 0.6 is 0 Å². The number of aromatic amines is 1. The Bertz CT molecular complexity index is 711. The van der Waals surface area contributed by atoms with Gasteiger partial charge in [0, 0.05) is 25.8 Å². The number of hydrogen-bond donors (Lipinski definition) is 2. The second kappa shape index (κ2) is 6.76. The largest absolute Gasteiger partial charge is 0.480 e. The van der Waals surface area contributed by atoms with Crippen LogP contribution in [0.4, 0.5) is 0 Å². The summed E-state index contributed by atoms with van der Waals surface area (Å²) in [5.74, 6) is -1.61. The third-order valence-corrected chi connectivity index (χ3v) is 4.96. The summed E-state index contributed by atoms with van der Waals surface area (Å²) in [6.45, 7) is 0.183. The number of fused-ring (bicyclic) bond motifs is 1. The van der Waals surface area contributed by atoms with Crippen LogP contribution in [0.15, 0.2) is 10.9 Å². The first kappa shape index (κ1) is 16.7. The number of carboxylic acids is 1. The van der Waals surface area contributed by atoms with Gasteiger partial charge in [-0.25, -0.2) is 4.79 Å². The van der Waals surface area contributed by atoms with E-state index in [0.717, 1.165) is 43.4 Å². The normalized spacial score (nSPS) is 23.6. The number of aryl methyl sites for hydroxylation is 2. The maximum atomic E-state index is 12.8. The summed E-state index contributed by atoms with van der Waals surface area (Å²) in [7, 11) is 1.49. The molecule has 3 rings (SSSR count). The van der Waals surface area contributed by atoms with Gasteiger partial charge in [-0.1, -0.05) is 6.42 Å². The van der Waals surface area contributed by atoms with E-state index in [1.165, 1.54) is 12.0 Å². The minimum Gasteiger partial charge on any atom is -0.480 e. The van der Waals surface area contributed by atoms with Crippen molar-refractivity contribution >= 4 is 11.9 Å². The number of nitrogens with one attached hydrogen (secondary N) is 1. The van der Waals surface area contributed by atoms with Gasteiger partial charge in [0.15, 0.2) is 0 Å². The van der Waals surface area contributed by atoms with Crippen molar-refractivity contribution in [3.8, 4) is 0 Å². The highest BCUT2D eigenvalue weighted by atomic mass is 16.5. The van der Waals surface area contributed by atoms with Gasteiger partial charge < -0.3 is 19.7 Å². The molecule has 0 bridgehead atoms. The first-order valence-electron chi connectivity index (χ1n) is 8.33. The van der Waals surface area contributed by atoms with Gasteiger partial charge in [0.2, 0.25) is 0 Å². The number of hydrogen-bond acceptors (Lipinski definition) is 4. The number of likely N-dealkylation sites (tertiary alicyclic amines) is 1. The molecule has 1 aliphatic carbocycles. The third-order valence-electron chi connectivity index (χ3n) is 4.96. The molecular weight excluding hydrogens is 312 g/mol. The fourth-order valence-electron chi connectivity index (χ4n) is 3.59. The summed E-state index contributed by atoms with van der Waals surface area (Å²) in [5.41, 5.74) is 1.48. The number of carbonyl (C=O) groups excluding carboxylic acids is 1. The van der Waals surface area contributed by atoms with Crippen molar-refractivity contribution in [1.82, 2.24) is 9.88 Å². The molecule has 7 nitrogen and oxygen atoms in total. The molecule has 1 aromatic heterocycles. The van der Waals surface area contributed by atoms with Gasteiger partial charge in [-0.2, -0.15) is 0 Å². The molecule has 0 aromatic carbocycles. The van der Waals surface area contributed by atoms with Crippen molar-refractivity contribution in [3.63, 3.8) is 0 Å². The lowest BCUT2D eigenvalue weighted by Gasteiger charge is -2.21. The van der Waals surface area contributed by atoms with Crippen LogP contribution in [-0.2, 0) is 22.4 Å². The molecule has 1 amide bonds. The molecule has 2 heterocycles. The van der Waals surface area contributed by atoms with Gasteiger partial charge in [0.25, 0.3) is 11.5 Å². The number of methoxy groups -OCH3 is 1. The van der Waals surface area contributed by atoms with Gasteiger partial charge in [-0.3, -0.25) is 9.59 Å². The van der Waals surface area contributed by atoms with E-state index in [1.807, 2.05) is 0 Å². The summed E-state index contributed by atoms with van der Waals surface area (Å²) in [5, 5.41) is 9.36. The topological polar surface area (TPSA) is 99.7 Å². The maximum Gasteiger partial charge on any atom is 0.326 e. The number of H-pyrrole nitrogens is 1. The van der Waals surface area contributed by atoms with Gasteiger partial charge in [0.05, 0.1) is 6.10 Å². The number of aromatic nitrogens is 1. The van der Waals surface area contributed by atoms with Gasteiger partial charge >= 0.3 is 5.97 Å². The Morgan fingerprint density at radius 2 is 2.04 bits per heavy atom. The number of nitrogens with zero attached hydrogens (tertiary/aromatic N) is 1. The average molecular weight is 334 g/mol. The van der Waals surface area contributed by atoms with E-state index in [1.54, 1.807) is 6.07 Å². The second-order valence-corrected chi connectivity index (χ2v) is 6.48. The number of carbonyl (C=O) groups is 2.